The Morgan fingerprint density at radius 1 is 1.15 bits per heavy atom. The summed E-state index contributed by atoms with van der Waals surface area (Å²) in [4.78, 5) is 4.07. The highest BCUT2D eigenvalue weighted by molar-refractivity contribution is 8.00. The number of rotatable bonds is 5. The van der Waals surface area contributed by atoms with E-state index in [9.17, 15) is 0 Å². The van der Waals surface area contributed by atoms with E-state index < -0.39 is 0 Å². The molecular weight excluding hydrogens is 372 g/mol. The highest BCUT2D eigenvalue weighted by atomic mass is 32.2. The lowest BCUT2D eigenvalue weighted by Crippen LogP contribution is -2.11. The first kappa shape index (κ1) is 15.6. The van der Waals surface area contributed by atoms with Crippen LogP contribution in [0.4, 0.5) is 0 Å². The average Bonchev–Trinajstić information content (AvgIpc) is 3.45. The van der Waals surface area contributed by atoms with Gasteiger partial charge in [0.05, 0.1) is 12.3 Å². The zero-order valence-corrected chi connectivity index (χ0v) is 15.0. The van der Waals surface area contributed by atoms with Crippen molar-refractivity contribution in [3.63, 3.8) is 0 Å². The Kier molecular flexibility index (Phi) is 3.98. The molecule has 8 nitrogen and oxygen atoms in total. The van der Waals surface area contributed by atoms with Crippen LogP contribution in [0.2, 0.25) is 0 Å². The minimum atomic E-state index is 0.247. The van der Waals surface area contributed by atoms with Gasteiger partial charge in [-0.2, -0.15) is 0 Å². The summed E-state index contributed by atoms with van der Waals surface area (Å²) in [5.74, 6) is 3.55. The number of fused-ring (bicyclic) bond motifs is 1. The molecule has 1 aliphatic heterocycles. The number of furan rings is 1. The molecule has 5 heterocycles. The maximum absolute atomic E-state index is 5.66. The van der Waals surface area contributed by atoms with Gasteiger partial charge in [-0.15, -0.1) is 20.4 Å². The van der Waals surface area contributed by atoms with Gasteiger partial charge in [-0.3, -0.25) is 9.55 Å². The van der Waals surface area contributed by atoms with Gasteiger partial charge in [-0.05, 0) is 24.3 Å². The number of hydrogen-bond donors (Lipinski definition) is 0. The molecule has 0 aromatic carbocycles. The van der Waals surface area contributed by atoms with Gasteiger partial charge >= 0.3 is 0 Å². The molecule has 1 atom stereocenters. The Bertz CT molecular complexity index is 1010. The predicted molar refractivity (Wildman–Crippen MR) is 95.7 cm³/mol. The van der Waals surface area contributed by atoms with Crippen molar-refractivity contribution in [2.75, 3.05) is 11.5 Å². The summed E-state index contributed by atoms with van der Waals surface area (Å²) in [5.41, 5.74) is 1.01. The van der Waals surface area contributed by atoms with Crippen molar-refractivity contribution in [1.82, 2.24) is 29.9 Å². The van der Waals surface area contributed by atoms with Crippen LogP contribution in [0.3, 0.4) is 0 Å². The van der Waals surface area contributed by atoms with Crippen molar-refractivity contribution in [1.29, 1.82) is 0 Å². The Labute approximate surface area is 156 Å². The van der Waals surface area contributed by atoms with Crippen molar-refractivity contribution >= 4 is 23.5 Å². The fourth-order valence-electron chi connectivity index (χ4n) is 2.71. The lowest BCUT2D eigenvalue weighted by molar-refractivity contribution is 0.446. The number of hydrogen-bond acceptors (Lipinski definition) is 9. The van der Waals surface area contributed by atoms with E-state index in [1.165, 1.54) is 11.8 Å². The van der Waals surface area contributed by atoms with E-state index in [0.717, 1.165) is 28.0 Å². The summed E-state index contributed by atoms with van der Waals surface area (Å²) >= 11 is 3.23. The second-order valence-corrected chi connectivity index (χ2v) is 7.50. The maximum Gasteiger partial charge on any atom is 0.284 e. The topological polar surface area (TPSA) is 95.7 Å². The predicted octanol–water partition coefficient (Wildman–Crippen LogP) is 3.42. The van der Waals surface area contributed by atoms with E-state index in [4.69, 9.17) is 8.83 Å². The SMILES string of the molecule is c1coc(-c2nnc(SCC3CSc4nnc(-c5ccncc5)n43)o2)c1. The first-order valence-corrected chi connectivity index (χ1v) is 9.84. The van der Waals surface area contributed by atoms with E-state index >= 15 is 0 Å². The van der Waals surface area contributed by atoms with Gasteiger partial charge in [0.15, 0.2) is 16.7 Å². The van der Waals surface area contributed by atoms with Gasteiger partial charge < -0.3 is 8.83 Å². The average molecular weight is 384 g/mol. The fourth-order valence-corrected chi connectivity index (χ4v) is 4.77. The largest absolute Gasteiger partial charge is 0.459 e. The molecule has 0 spiro atoms. The van der Waals surface area contributed by atoms with E-state index in [0.29, 0.717) is 16.9 Å². The van der Waals surface area contributed by atoms with Crippen LogP contribution in [0.1, 0.15) is 6.04 Å². The van der Waals surface area contributed by atoms with Crippen LogP contribution in [0.5, 0.6) is 0 Å². The summed E-state index contributed by atoms with van der Waals surface area (Å²) in [7, 11) is 0. The second kappa shape index (κ2) is 6.61. The molecule has 0 saturated carbocycles. The van der Waals surface area contributed by atoms with Crippen LogP contribution in [0.15, 0.2) is 62.1 Å². The molecule has 0 N–H and O–H groups in total. The summed E-state index contributed by atoms with van der Waals surface area (Å²) in [6.45, 7) is 0. The zero-order valence-electron chi connectivity index (χ0n) is 13.3. The first-order valence-electron chi connectivity index (χ1n) is 7.87. The first-order chi connectivity index (χ1) is 12.9. The second-order valence-electron chi connectivity index (χ2n) is 5.54. The highest BCUT2D eigenvalue weighted by Crippen LogP contribution is 2.38. The minimum absolute atomic E-state index is 0.247. The summed E-state index contributed by atoms with van der Waals surface area (Å²) < 4.78 is 13.1. The van der Waals surface area contributed by atoms with Crippen molar-refractivity contribution in [3.8, 4) is 23.0 Å². The third kappa shape index (κ3) is 2.80. The molecule has 1 unspecified atom stereocenters. The molecule has 0 amide bonds. The van der Waals surface area contributed by atoms with Crippen LogP contribution >= 0.6 is 23.5 Å². The summed E-state index contributed by atoms with van der Waals surface area (Å²) in [6.07, 6.45) is 5.10. The summed E-state index contributed by atoms with van der Waals surface area (Å²) in [5, 5.41) is 18.2. The van der Waals surface area contributed by atoms with Crippen LogP contribution in [-0.4, -0.2) is 41.5 Å². The molecule has 0 fully saturated rings. The maximum atomic E-state index is 5.66. The van der Waals surface area contributed by atoms with E-state index in [1.54, 1.807) is 42.6 Å². The molecular formula is C16H12N6O2S2. The highest BCUT2D eigenvalue weighted by Gasteiger charge is 2.29. The van der Waals surface area contributed by atoms with E-state index in [1.807, 2.05) is 12.1 Å². The van der Waals surface area contributed by atoms with Crippen molar-refractivity contribution in [2.45, 2.75) is 16.4 Å². The molecule has 0 saturated heterocycles. The van der Waals surface area contributed by atoms with Crippen LogP contribution in [-0.2, 0) is 0 Å². The molecule has 26 heavy (non-hydrogen) atoms. The molecule has 10 heteroatoms. The lowest BCUT2D eigenvalue weighted by Gasteiger charge is -2.12. The molecule has 0 bridgehead atoms. The Morgan fingerprint density at radius 3 is 2.92 bits per heavy atom. The Morgan fingerprint density at radius 2 is 2.08 bits per heavy atom. The van der Waals surface area contributed by atoms with Crippen molar-refractivity contribution in [2.24, 2.45) is 0 Å². The summed E-state index contributed by atoms with van der Waals surface area (Å²) in [6, 6.07) is 7.71. The van der Waals surface area contributed by atoms with E-state index in [2.05, 4.69) is 29.9 Å². The normalized spacial score (nSPS) is 16.1. The van der Waals surface area contributed by atoms with Crippen molar-refractivity contribution < 1.29 is 8.83 Å². The van der Waals surface area contributed by atoms with E-state index in [-0.39, 0.29) is 6.04 Å². The fraction of sp³-hybridized carbons (Fsp3) is 0.188. The molecule has 0 radical (unpaired) electrons. The zero-order chi connectivity index (χ0) is 17.3. The number of pyridine rings is 1. The molecule has 4 aromatic heterocycles. The third-order valence-corrected chi connectivity index (χ3v) is 5.96. The monoisotopic (exact) mass is 384 g/mol. The molecule has 1 aliphatic rings. The van der Waals surface area contributed by atoms with Gasteiger partial charge in [0, 0.05) is 29.5 Å². The molecule has 130 valence electrons. The number of nitrogens with zero attached hydrogens (tertiary/aromatic N) is 6. The standard InChI is InChI=1S/C16H12N6O2S2/c1-2-12(23-7-1)14-19-21-16(24-14)26-9-11-8-25-15-20-18-13(22(11)15)10-3-5-17-6-4-10/h1-7,11H,8-9H2. The minimum Gasteiger partial charge on any atom is -0.459 e. The molecule has 4 aromatic rings. The number of thioether (sulfide) groups is 2. The van der Waals surface area contributed by atoms with Gasteiger partial charge in [-0.25, -0.2) is 0 Å². The van der Waals surface area contributed by atoms with Gasteiger partial charge in [0.1, 0.15) is 0 Å². The third-order valence-electron chi connectivity index (χ3n) is 3.91. The quantitative estimate of drug-likeness (QED) is 0.479. The van der Waals surface area contributed by atoms with Crippen LogP contribution < -0.4 is 0 Å². The Balaban J connectivity index is 1.34. The van der Waals surface area contributed by atoms with Gasteiger partial charge in [-0.1, -0.05) is 23.5 Å². The van der Waals surface area contributed by atoms with Crippen LogP contribution in [0, 0.1) is 0 Å². The van der Waals surface area contributed by atoms with Gasteiger partial charge in [0.25, 0.3) is 11.1 Å². The number of aromatic nitrogens is 6. The van der Waals surface area contributed by atoms with Gasteiger partial charge in [0.2, 0.25) is 0 Å². The molecule has 5 rings (SSSR count). The Hall–Kier alpha value is -2.59. The lowest BCUT2D eigenvalue weighted by atomic mass is 10.2. The smallest absolute Gasteiger partial charge is 0.284 e. The van der Waals surface area contributed by atoms with Crippen molar-refractivity contribution in [3.05, 3.63) is 42.9 Å². The molecule has 0 aliphatic carbocycles. The van der Waals surface area contributed by atoms with Crippen LogP contribution in [0.25, 0.3) is 23.0 Å².